The molecule has 1 amide bonds. The molecule has 6 nitrogen and oxygen atoms in total. The number of rotatable bonds is 6. The van der Waals surface area contributed by atoms with E-state index in [1.54, 1.807) is 18.2 Å². The minimum absolute atomic E-state index is 0.0375. The minimum Gasteiger partial charge on any atom is -0.493 e. The zero-order chi connectivity index (χ0) is 19.4. The van der Waals surface area contributed by atoms with E-state index >= 15 is 0 Å². The Labute approximate surface area is 157 Å². The zero-order valence-corrected chi connectivity index (χ0v) is 15.3. The van der Waals surface area contributed by atoms with E-state index in [1.165, 1.54) is 19.2 Å². The van der Waals surface area contributed by atoms with Crippen LogP contribution in [0.4, 0.5) is 10.1 Å². The van der Waals surface area contributed by atoms with Crippen molar-refractivity contribution in [1.29, 1.82) is 0 Å². The van der Waals surface area contributed by atoms with Gasteiger partial charge in [-0.2, -0.15) is 0 Å². The second kappa shape index (κ2) is 8.37. The van der Waals surface area contributed by atoms with Crippen molar-refractivity contribution in [1.82, 2.24) is 0 Å². The Morgan fingerprint density at radius 3 is 2.67 bits per heavy atom. The summed E-state index contributed by atoms with van der Waals surface area (Å²) in [5, 5.41) is 2.67. The van der Waals surface area contributed by atoms with Gasteiger partial charge in [0.05, 0.1) is 13.2 Å². The number of hydrogen-bond acceptors (Lipinski definition) is 5. The molecule has 2 aromatic carbocycles. The highest BCUT2D eigenvalue weighted by molar-refractivity contribution is 5.94. The SMILES string of the molecule is COc1cc(C)ccc1Oc1ccc(NC(=O)[C@@H]2CC[C@H](CN)O2)cc1F. The van der Waals surface area contributed by atoms with Gasteiger partial charge in [-0.25, -0.2) is 4.39 Å². The van der Waals surface area contributed by atoms with E-state index < -0.39 is 11.9 Å². The maximum absolute atomic E-state index is 14.4. The second-order valence-electron chi connectivity index (χ2n) is 6.45. The predicted molar refractivity (Wildman–Crippen MR) is 99.8 cm³/mol. The van der Waals surface area contributed by atoms with E-state index in [2.05, 4.69) is 5.32 Å². The summed E-state index contributed by atoms with van der Waals surface area (Å²) < 4.78 is 30.9. The van der Waals surface area contributed by atoms with Crippen LogP contribution < -0.4 is 20.5 Å². The lowest BCUT2D eigenvalue weighted by molar-refractivity contribution is -0.126. The van der Waals surface area contributed by atoms with Gasteiger partial charge in [-0.1, -0.05) is 6.07 Å². The van der Waals surface area contributed by atoms with Gasteiger partial charge in [0.25, 0.3) is 5.91 Å². The summed E-state index contributed by atoms with van der Waals surface area (Å²) in [5.74, 6) is 0.0582. The summed E-state index contributed by atoms with van der Waals surface area (Å²) in [5.41, 5.74) is 6.89. The van der Waals surface area contributed by atoms with Crippen LogP contribution in [0.25, 0.3) is 0 Å². The highest BCUT2D eigenvalue weighted by atomic mass is 19.1. The topological polar surface area (TPSA) is 82.8 Å². The van der Waals surface area contributed by atoms with Crippen LogP contribution in [-0.4, -0.2) is 31.8 Å². The first-order chi connectivity index (χ1) is 13.0. The lowest BCUT2D eigenvalue weighted by atomic mass is 10.2. The van der Waals surface area contributed by atoms with Gasteiger partial charge in [-0.15, -0.1) is 0 Å². The number of amides is 1. The van der Waals surface area contributed by atoms with E-state index in [0.29, 0.717) is 30.2 Å². The Bertz CT molecular complexity index is 828. The Morgan fingerprint density at radius 1 is 1.22 bits per heavy atom. The zero-order valence-electron chi connectivity index (χ0n) is 15.3. The van der Waals surface area contributed by atoms with Crippen molar-refractivity contribution in [2.24, 2.45) is 5.73 Å². The Kier molecular flexibility index (Phi) is 5.93. The van der Waals surface area contributed by atoms with Gasteiger partial charge in [-0.05, 0) is 49.6 Å². The third-order valence-electron chi connectivity index (χ3n) is 4.40. The summed E-state index contributed by atoms with van der Waals surface area (Å²) in [6.45, 7) is 2.31. The molecular formula is C20H23FN2O4. The van der Waals surface area contributed by atoms with Gasteiger partial charge in [0.1, 0.15) is 6.10 Å². The van der Waals surface area contributed by atoms with Crippen LogP contribution in [-0.2, 0) is 9.53 Å². The molecule has 1 heterocycles. The molecule has 0 saturated carbocycles. The van der Waals surface area contributed by atoms with E-state index in [0.717, 1.165) is 12.0 Å². The second-order valence-corrected chi connectivity index (χ2v) is 6.45. The molecule has 0 aliphatic carbocycles. The van der Waals surface area contributed by atoms with Crippen LogP contribution >= 0.6 is 0 Å². The molecule has 1 aliphatic rings. The van der Waals surface area contributed by atoms with Crippen molar-refractivity contribution in [3.05, 3.63) is 47.8 Å². The number of ether oxygens (including phenoxy) is 3. The molecule has 3 rings (SSSR count). The fourth-order valence-electron chi connectivity index (χ4n) is 2.93. The Hall–Kier alpha value is -2.64. The quantitative estimate of drug-likeness (QED) is 0.810. The molecule has 0 spiro atoms. The number of nitrogens with two attached hydrogens (primary N) is 1. The molecule has 0 radical (unpaired) electrons. The highest BCUT2D eigenvalue weighted by Gasteiger charge is 2.30. The van der Waals surface area contributed by atoms with E-state index in [1.807, 2.05) is 13.0 Å². The largest absolute Gasteiger partial charge is 0.493 e. The lowest BCUT2D eigenvalue weighted by Gasteiger charge is -2.14. The van der Waals surface area contributed by atoms with Crippen LogP contribution in [0.1, 0.15) is 18.4 Å². The number of carbonyl (C=O) groups excluding carboxylic acids is 1. The standard InChI is InChI=1S/C20H23FN2O4/c1-12-3-6-17(19(9-12)25-2)27-16-7-4-13(10-15(16)21)23-20(24)18-8-5-14(11-22)26-18/h3-4,6-7,9-10,14,18H,5,8,11,22H2,1-2H3,(H,23,24)/t14-,18+/m1/s1. The first-order valence-electron chi connectivity index (χ1n) is 8.78. The number of halogens is 1. The van der Waals surface area contributed by atoms with Crippen LogP contribution in [0, 0.1) is 12.7 Å². The molecule has 1 fully saturated rings. The number of hydrogen-bond donors (Lipinski definition) is 2. The molecule has 144 valence electrons. The van der Waals surface area contributed by atoms with E-state index in [4.69, 9.17) is 19.9 Å². The first-order valence-corrected chi connectivity index (χ1v) is 8.78. The van der Waals surface area contributed by atoms with Crippen molar-refractivity contribution in [3.63, 3.8) is 0 Å². The van der Waals surface area contributed by atoms with Crippen molar-refractivity contribution < 1.29 is 23.4 Å². The normalized spacial score (nSPS) is 19.0. The maximum Gasteiger partial charge on any atom is 0.253 e. The van der Waals surface area contributed by atoms with Gasteiger partial charge >= 0.3 is 0 Å². The number of anilines is 1. The summed E-state index contributed by atoms with van der Waals surface area (Å²) >= 11 is 0. The van der Waals surface area contributed by atoms with Crippen molar-refractivity contribution in [2.45, 2.75) is 32.0 Å². The Balaban J connectivity index is 1.68. The van der Waals surface area contributed by atoms with Crippen LogP contribution in [0.2, 0.25) is 0 Å². The fraction of sp³-hybridized carbons (Fsp3) is 0.350. The highest BCUT2D eigenvalue weighted by Crippen LogP contribution is 2.34. The molecule has 3 N–H and O–H groups in total. The molecule has 2 atom stereocenters. The van der Waals surface area contributed by atoms with Crippen molar-refractivity contribution in [3.8, 4) is 17.2 Å². The van der Waals surface area contributed by atoms with Crippen LogP contribution in [0.3, 0.4) is 0 Å². The molecule has 27 heavy (non-hydrogen) atoms. The van der Waals surface area contributed by atoms with Gasteiger partial charge in [0.2, 0.25) is 0 Å². The first kappa shape index (κ1) is 19.1. The fourth-order valence-corrected chi connectivity index (χ4v) is 2.93. The summed E-state index contributed by atoms with van der Waals surface area (Å²) in [6.07, 6.45) is 0.686. The van der Waals surface area contributed by atoms with Gasteiger partial charge in [0.15, 0.2) is 23.1 Å². The average Bonchev–Trinajstić information content (AvgIpc) is 3.14. The van der Waals surface area contributed by atoms with Crippen LogP contribution in [0.5, 0.6) is 17.2 Å². The number of benzene rings is 2. The monoisotopic (exact) mass is 374 g/mol. The minimum atomic E-state index is -0.595. The third kappa shape index (κ3) is 4.56. The molecule has 1 saturated heterocycles. The number of aryl methyl sites for hydroxylation is 1. The summed E-state index contributed by atoms with van der Waals surface area (Å²) in [6, 6.07) is 9.62. The average molecular weight is 374 g/mol. The van der Waals surface area contributed by atoms with Crippen molar-refractivity contribution >= 4 is 11.6 Å². The molecule has 1 aliphatic heterocycles. The maximum atomic E-state index is 14.4. The smallest absolute Gasteiger partial charge is 0.253 e. The third-order valence-corrected chi connectivity index (χ3v) is 4.40. The lowest BCUT2D eigenvalue weighted by Crippen LogP contribution is -2.29. The molecule has 0 bridgehead atoms. The summed E-state index contributed by atoms with van der Waals surface area (Å²) in [7, 11) is 1.52. The van der Waals surface area contributed by atoms with Gasteiger partial charge in [-0.3, -0.25) is 4.79 Å². The number of methoxy groups -OCH3 is 1. The van der Waals surface area contributed by atoms with E-state index in [9.17, 15) is 9.18 Å². The Morgan fingerprint density at radius 2 is 2.00 bits per heavy atom. The van der Waals surface area contributed by atoms with Crippen LogP contribution in [0.15, 0.2) is 36.4 Å². The molecule has 7 heteroatoms. The van der Waals surface area contributed by atoms with E-state index in [-0.39, 0.29) is 17.8 Å². The molecule has 0 aromatic heterocycles. The van der Waals surface area contributed by atoms with Gasteiger partial charge < -0.3 is 25.3 Å². The number of nitrogens with one attached hydrogen (secondary N) is 1. The van der Waals surface area contributed by atoms with Crippen molar-refractivity contribution in [2.75, 3.05) is 19.0 Å². The number of carbonyl (C=O) groups is 1. The molecule has 0 unspecified atom stereocenters. The summed E-state index contributed by atoms with van der Waals surface area (Å²) in [4.78, 5) is 12.2. The van der Waals surface area contributed by atoms with Gasteiger partial charge in [0, 0.05) is 18.3 Å². The molecule has 2 aromatic rings. The predicted octanol–water partition coefficient (Wildman–Crippen LogP) is 3.38. The molecular weight excluding hydrogens is 351 g/mol.